The number of hydrogen-bond acceptors (Lipinski definition) is 2. The normalized spacial score (nSPS) is 23.8. The van der Waals surface area contributed by atoms with Crippen LogP contribution in [0.5, 0.6) is 0 Å². The lowest BCUT2D eigenvalue weighted by Gasteiger charge is -2.16. The van der Waals surface area contributed by atoms with Crippen LogP contribution in [-0.4, -0.2) is 12.4 Å². The lowest BCUT2D eigenvalue weighted by atomic mass is 9.91. The number of nitrogens with zero attached hydrogens (tertiary/aromatic N) is 2. The molecule has 0 saturated heterocycles. The molecule has 0 aromatic rings. The molecule has 0 bridgehead atoms. The Hall–Kier alpha value is -0.660. The van der Waals surface area contributed by atoms with Gasteiger partial charge >= 0.3 is 0 Å². The van der Waals surface area contributed by atoms with Crippen molar-refractivity contribution in [2.24, 2.45) is 15.6 Å². The Labute approximate surface area is 49.3 Å². The van der Waals surface area contributed by atoms with Gasteiger partial charge in [0.25, 0.3) is 0 Å². The Morgan fingerprint density at radius 2 is 2.12 bits per heavy atom. The molecular formula is C6H10N2. The highest BCUT2D eigenvalue weighted by molar-refractivity contribution is 5.74. The third-order valence-corrected chi connectivity index (χ3v) is 1.17. The second-order valence-electron chi connectivity index (χ2n) is 2.74. The van der Waals surface area contributed by atoms with Gasteiger partial charge in [0.05, 0.1) is 0 Å². The van der Waals surface area contributed by atoms with Crippen LogP contribution in [0.3, 0.4) is 0 Å². The van der Waals surface area contributed by atoms with Gasteiger partial charge in [-0.3, -0.25) is 0 Å². The molecule has 0 N–H and O–H groups in total. The van der Waals surface area contributed by atoms with E-state index in [1.54, 1.807) is 0 Å². The lowest BCUT2D eigenvalue weighted by Crippen LogP contribution is -2.15. The monoisotopic (exact) mass is 110 g/mol. The molecular weight excluding hydrogens is 100 g/mol. The Morgan fingerprint density at radius 3 is 2.38 bits per heavy atom. The van der Waals surface area contributed by atoms with E-state index in [-0.39, 0.29) is 5.41 Å². The van der Waals surface area contributed by atoms with Crippen molar-refractivity contribution in [3.05, 3.63) is 0 Å². The first kappa shape index (κ1) is 5.48. The fourth-order valence-electron chi connectivity index (χ4n) is 0.566. The highest BCUT2D eigenvalue weighted by atomic mass is 15.2. The predicted octanol–water partition coefficient (Wildman–Crippen LogP) is 1.47. The summed E-state index contributed by atoms with van der Waals surface area (Å²) in [6.07, 6.45) is 4.74. The van der Waals surface area contributed by atoms with E-state index in [4.69, 9.17) is 0 Å². The van der Waals surface area contributed by atoms with Crippen LogP contribution in [-0.2, 0) is 0 Å². The van der Waals surface area contributed by atoms with Gasteiger partial charge in [-0.1, -0.05) is 13.8 Å². The summed E-state index contributed by atoms with van der Waals surface area (Å²) in [4.78, 5) is 0. The van der Waals surface area contributed by atoms with Crippen molar-refractivity contribution in [1.82, 2.24) is 0 Å². The quantitative estimate of drug-likeness (QED) is 0.451. The minimum absolute atomic E-state index is 0.238. The van der Waals surface area contributed by atoms with Crippen molar-refractivity contribution in [3.8, 4) is 0 Å². The molecule has 1 aliphatic rings. The Morgan fingerprint density at radius 1 is 1.38 bits per heavy atom. The fraction of sp³-hybridized carbons (Fsp3) is 0.667. The summed E-state index contributed by atoms with van der Waals surface area (Å²) in [7, 11) is 0. The molecule has 2 heteroatoms. The molecule has 0 aromatic heterocycles. The first-order valence-electron chi connectivity index (χ1n) is 2.77. The van der Waals surface area contributed by atoms with E-state index in [1.807, 2.05) is 12.4 Å². The van der Waals surface area contributed by atoms with Crippen LogP contribution < -0.4 is 0 Å². The van der Waals surface area contributed by atoms with Gasteiger partial charge in [-0.2, -0.15) is 10.2 Å². The molecule has 2 nitrogen and oxygen atoms in total. The molecule has 0 aliphatic carbocycles. The lowest BCUT2D eigenvalue weighted by molar-refractivity contribution is 0.558. The summed E-state index contributed by atoms with van der Waals surface area (Å²) in [6.45, 7) is 4.28. The van der Waals surface area contributed by atoms with Crippen LogP contribution in [0.1, 0.15) is 20.3 Å². The summed E-state index contributed by atoms with van der Waals surface area (Å²) in [5.74, 6) is 0. The van der Waals surface area contributed by atoms with Crippen LogP contribution in [0.2, 0.25) is 0 Å². The Bertz CT molecular complexity index is 133. The molecule has 8 heavy (non-hydrogen) atoms. The predicted molar refractivity (Wildman–Crippen MR) is 35.4 cm³/mol. The van der Waals surface area contributed by atoms with Crippen molar-refractivity contribution >= 4 is 12.4 Å². The number of hydrogen-bond donors (Lipinski definition) is 0. The first-order valence-corrected chi connectivity index (χ1v) is 2.77. The van der Waals surface area contributed by atoms with Gasteiger partial charge in [0.1, 0.15) is 0 Å². The Balaban J connectivity index is 2.65. The topological polar surface area (TPSA) is 24.7 Å². The largest absolute Gasteiger partial charge is 0.164 e. The van der Waals surface area contributed by atoms with E-state index >= 15 is 0 Å². The summed E-state index contributed by atoms with van der Waals surface area (Å²) in [5, 5.41) is 7.49. The maximum Gasteiger partial charge on any atom is 0.0330 e. The zero-order valence-corrected chi connectivity index (χ0v) is 5.26. The first-order chi connectivity index (χ1) is 3.71. The highest BCUT2D eigenvalue weighted by Crippen LogP contribution is 2.17. The molecule has 44 valence electrons. The second kappa shape index (κ2) is 1.69. The van der Waals surface area contributed by atoms with Crippen molar-refractivity contribution in [2.45, 2.75) is 20.3 Å². The van der Waals surface area contributed by atoms with E-state index in [2.05, 4.69) is 24.1 Å². The third kappa shape index (κ3) is 1.15. The minimum Gasteiger partial charge on any atom is -0.164 e. The zero-order valence-electron chi connectivity index (χ0n) is 5.26. The van der Waals surface area contributed by atoms with E-state index in [9.17, 15) is 0 Å². The van der Waals surface area contributed by atoms with Crippen LogP contribution in [0, 0.1) is 5.41 Å². The van der Waals surface area contributed by atoms with E-state index in [1.165, 1.54) is 0 Å². The third-order valence-electron chi connectivity index (χ3n) is 1.17. The standard InChI is InChI=1S/C6H10N2/c1-6(2)3-4-7-8-5-6/h4-5H,3H2,1-2H3. The molecule has 1 aliphatic heterocycles. The highest BCUT2D eigenvalue weighted by Gasteiger charge is 2.14. The van der Waals surface area contributed by atoms with Crippen LogP contribution in [0.15, 0.2) is 10.2 Å². The average molecular weight is 110 g/mol. The van der Waals surface area contributed by atoms with E-state index < -0.39 is 0 Å². The maximum absolute atomic E-state index is 3.77. The number of rotatable bonds is 0. The van der Waals surface area contributed by atoms with Crippen LogP contribution in [0.4, 0.5) is 0 Å². The van der Waals surface area contributed by atoms with E-state index in [0.29, 0.717) is 0 Å². The molecule has 1 heterocycles. The van der Waals surface area contributed by atoms with Crippen molar-refractivity contribution in [3.63, 3.8) is 0 Å². The van der Waals surface area contributed by atoms with Gasteiger partial charge in [-0.05, 0) is 6.42 Å². The van der Waals surface area contributed by atoms with Crippen LogP contribution in [0.25, 0.3) is 0 Å². The van der Waals surface area contributed by atoms with Crippen LogP contribution >= 0.6 is 0 Å². The molecule has 0 radical (unpaired) electrons. The van der Waals surface area contributed by atoms with Gasteiger partial charge in [0.15, 0.2) is 0 Å². The smallest absolute Gasteiger partial charge is 0.0330 e. The second-order valence-corrected chi connectivity index (χ2v) is 2.74. The molecule has 0 unspecified atom stereocenters. The molecule has 0 aromatic carbocycles. The van der Waals surface area contributed by atoms with Gasteiger partial charge in [-0.25, -0.2) is 0 Å². The van der Waals surface area contributed by atoms with Crippen molar-refractivity contribution in [1.29, 1.82) is 0 Å². The SMILES string of the molecule is CC1(C)C=NN=CC1. The minimum atomic E-state index is 0.238. The molecule has 0 saturated carbocycles. The summed E-state index contributed by atoms with van der Waals surface area (Å²) >= 11 is 0. The molecule has 0 fully saturated rings. The van der Waals surface area contributed by atoms with Crippen molar-refractivity contribution < 1.29 is 0 Å². The zero-order chi connectivity index (χ0) is 6.04. The molecule has 1 rings (SSSR count). The van der Waals surface area contributed by atoms with Gasteiger partial charge in [0.2, 0.25) is 0 Å². The average Bonchev–Trinajstić information content (AvgIpc) is 1.65. The summed E-state index contributed by atoms with van der Waals surface area (Å²) in [5.41, 5.74) is 0.238. The van der Waals surface area contributed by atoms with Crippen molar-refractivity contribution in [2.75, 3.05) is 0 Å². The maximum atomic E-state index is 3.77. The summed E-state index contributed by atoms with van der Waals surface area (Å²) in [6, 6.07) is 0. The Kier molecular flexibility index (Phi) is 1.16. The van der Waals surface area contributed by atoms with E-state index in [0.717, 1.165) is 6.42 Å². The van der Waals surface area contributed by atoms with Gasteiger partial charge < -0.3 is 0 Å². The molecule has 0 amide bonds. The fourth-order valence-corrected chi connectivity index (χ4v) is 0.566. The van der Waals surface area contributed by atoms with Gasteiger partial charge in [0, 0.05) is 17.8 Å². The van der Waals surface area contributed by atoms with Gasteiger partial charge in [-0.15, -0.1) is 0 Å². The molecule has 0 atom stereocenters. The molecule has 0 spiro atoms. The summed E-state index contributed by atoms with van der Waals surface area (Å²) < 4.78 is 0.